The van der Waals surface area contributed by atoms with E-state index in [0.717, 1.165) is 25.8 Å². The van der Waals surface area contributed by atoms with Crippen molar-refractivity contribution in [1.82, 2.24) is 0 Å². The Kier molecular flexibility index (Phi) is 7.38. The lowest BCUT2D eigenvalue weighted by atomic mass is 9.74. The molecular weight excluding hydrogens is 524 g/mol. The molecule has 4 heteroatoms. The van der Waals surface area contributed by atoms with Crippen LogP contribution in [-0.4, -0.2) is 5.94 Å². The number of para-hydroxylation sites is 1. The highest BCUT2D eigenvalue weighted by molar-refractivity contribution is 14.1. The fourth-order valence-electron chi connectivity index (χ4n) is 4.26. The van der Waals surface area contributed by atoms with E-state index in [4.69, 9.17) is 0 Å². The first kappa shape index (κ1) is 23.0. The molecule has 2 nitrogen and oxygen atoms in total. The van der Waals surface area contributed by atoms with E-state index in [2.05, 4.69) is 70.2 Å². The maximum Gasteiger partial charge on any atom is 0.146 e. The monoisotopic (exact) mass is 547 g/mol. The van der Waals surface area contributed by atoms with E-state index in [1.54, 1.807) is 18.2 Å². The van der Waals surface area contributed by atoms with Gasteiger partial charge in [-0.1, -0.05) is 78.9 Å². The Morgan fingerprint density at radius 2 is 1.42 bits per heavy atom. The zero-order valence-electron chi connectivity index (χ0n) is 18.1. The van der Waals surface area contributed by atoms with Gasteiger partial charge in [-0.2, -0.15) is 0 Å². The van der Waals surface area contributed by atoms with Crippen molar-refractivity contribution in [3.05, 3.63) is 140 Å². The Bertz CT molecular complexity index is 1240. The smallest absolute Gasteiger partial charge is 0.146 e. The Morgan fingerprint density at radius 1 is 0.848 bits per heavy atom. The Labute approximate surface area is 207 Å². The predicted molar refractivity (Wildman–Crippen MR) is 141 cm³/mol. The van der Waals surface area contributed by atoms with E-state index in [-0.39, 0.29) is 11.6 Å². The molecule has 0 aliphatic rings. The van der Waals surface area contributed by atoms with E-state index in [0.29, 0.717) is 5.70 Å². The number of hydrogen-bond donors (Lipinski definition) is 1. The molecular formula is C29H23FINO. The second kappa shape index (κ2) is 10.6. The van der Waals surface area contributed by atoms with Gasteiger partial charge in [0.05, 0.1) is 5.69 Å². The number of anilines is 1. The molecule has 0 bridgehead atoms. The van der Waals surface area contributed by atoms with Crippen molar-refractivity contribution >= 4 is 34.2 Å². The molecule has 0 radical (unpaired) electrons. The van der Waals surface area contributed by atoms with Crippen LogP contribution in [0.25, 0.3) is 0 Å². The first-order valence-corrected chi connectivity index (χ1v) is 11.8. The van der Waals surface area contributed by atoms with Crippen LogP contribution in [0.4, 0.5) is 10.1 Å². The Hall–Kier alpha value is -3.21. The number of aryl methyl sites for hydroxylation is 1. The third-order valence-corrected chi connectivity index (χ3v) is 6.45. The fourth-order valence-corrected chi connectivity index (χ4v) is 4.91. The molecule has 1 N–H and O–H groups in total. The molecule has 0 spiro atoms. The van der Waals surface area contributed by atoms with Crippen LogP contribution in [0.15, 0.2) is 109 Å². The highest BCUT2D eigenvalue weighted by Gasteiger charge is 2.32. The Morgan fingerprint density at radius 3 is 1.97 bits per heavy atom. The topological polar surface area (TPSA) is 29.1 Å². The lowest BCUT2D eigenvalue weighted by molar-refractivity contribution is 0.562. The van der Waals surface area contributed by atoms with Crippen molar-refractivity contribution in [2.45, 2.75) is 18.8 Å². The highest BCUT2D eigenvalue weighted by Crippen LogP contribution is 2.43. The van der Waals surface area contributed by atoms with Gasteiger partial charge < -0.3 is 5.32 Å². The first-order valence-electron chi connectivity index (χ1n) is 10.7. The average Bonchev–Trinajstić information content (AvgIpc) is 2.84. The van der Waals surface area contributed by atoms with Crippen molar-refractivity contribution < 1.29 is 9.18 Å². The van der Waals surface area contributed by atoms with Gasteiger partial charge >= 0.3 is 0 Å². The molecule has 0 fully saturated rings. The van der Waals surface area contributed by atoms with Gasteiger partial charge in [-0.3, -0.25) is 0 Å². The van der Waals surface area contributed by atoms with Crippen molar-refractivity contribution in [2.75, 3.05) is 5.32 Å². The summed E-state index contributed by atoms with van der Waals surface area (Å²) in [5.41, 5.74) is 4.73. The lowest BCUT2D eigenvalue weighted by Crippen LogP contribution is -2.21. The van der Waals surface area contributed by atoms with Crippen LogP contribution < -0.4 is 5.32 Å². The van der Waals surface area contributed by atoms with Gasteiger partial charge in [0, 0.05) is 15.4 Å². The third-order valence-electron chi connectivity index (χ3n) is 5.78. The minimum absolute atomic E-state index is 0.179. The second-order valence-corrected chi connectivity index (χ2v) is 9.14. The molecule has 1 atom stereocenters. The van der Waals surface area contributed by atoms with Crippen molar-refractivity contribution in [3.8, 4) is 0 Å². The summed E-state index contributed by atoms with van der Waals surface area (Å²) in [5, 5.41) is 3.07. The zero-order valence-corrected chi connectivity index (χ0v) is 20.3. The molecule has 33 heavy (non-hydrogen) atoms. The van der Waals surface area contributed by atoms with E-state index < -0.39 is 11.7 Å². The van der Waals surface area contributed by atoms with Crippen LogP contribution in [0.3, 0.4) is 0 Å². The van der Waals surface area contributed by atoms with Crippen molar-refractivity contribution in [3.63, 3.8) is 0 Å². The summed E-state index contributed by atoms with van der Waals surface area (Å²) in [7, 11) is 0. The molecule has 4 rings (SSSR count). The number of nitrogens with one attached hydrogen (secondary N) is 1. The summed E-state index contributed by atoms with van der Waals surface area (Å²) >= 11 is 2.29. The van der Waals surface area contributed by atoms with Gasteiger partial charge in [0.15, 0.2) is 0 Å². The van der Waals surface area contributed by atoms with Gasteiger partial charge in [-0.15, -0.1) is 0 Å². The van der Waals surface area contributed by atoms with Crippen LogP contribution in [0.1, 0.15) is 34.1 Å². The highest BCUT2D eigenvalue weighted by atomic mass is 127. The molecule has 0 aromatic heterocycles. The molecule has 0 amide bonds. The number of benzene rings is 4. The maximum atomic E-state index is 14.5. The standard InChI is InChI=1S/C29H23FINO/c1-20-18-23(31)16-17-24(20)29(27(19-33)32-26-15-9-8-14-25(26)30)28(21-10-4-2-5-11-21)22-12-6-3-7-13-22/h2-18,28-29,32H,1H3. The summed E-state index contributed by atoms with van der Waals surface area (Å²) in [5.74, 6) is 1.13. The quantitative estimate of drug-likeness (QED) is 0.192. The summed E-state index contributed by atoms with van der Waals surface area (Å²) in [6.45, 7) is 2.04. The molecule has 164 valence electrons. The SMILES string of the molecule is Cc1cc(I)ccc1C(C(=C=O)Nc1ccccc1F)C(c1ccccc1)c1ccccc1. The predicted octanol–water partition coefficient (Wildman–Crippen LogP) is 7.48. The molecule has 0 aliphatic carbocycles. The van der Waals surface area contributed by atoms with Crippen LogP contribution in [0.5, 0.6) is 0 Å². The van der Waals surface area contributed by atoms with Gasteiger partial charge in [-0.25, -0.2) is 9.18 Å². The van der Waals surface area contributed by atoms with Crippen LogP contribution in [0.2, 0.25) is 0 Å². The first-order chi connectivity index (χ1) is 16.1. The molecule has 0 saturated carbocycles. The molecule has 4 aromatic rings. The van der Waals surface area contributed by atoms with Gasteiger partial charge in [0.25, 0.3) is 0 Å². The molecule has 0 saturated heterocycles. The van der Waals surface area contributed by atoms with Crippen molar-refractivity contribution in [2.24, 2.45) is 0 Å². The minimum atomic E-state index is -0.417. The normalized spacial score (nSPS) is 11.6. The number of allylic oxidation sites excluding steroid dienone is 1. The number of hydrogen-bond acceptors (Lipinski definition) is 2. The zero-order chi connectivity index (χ0) is 23.2. The Balaban J connectivity index is 1.94. The molecule has 4 aromatic carbocycles. The van der Waals surface area contributed by atoms with Gasteiger partial charge in [-0.05, 0) is 76.0 Å². The third kappa shape index (κ3) is 5.24. The average molecular weight is 547 g/mol. The lowest BCUT2D eigenvalue weighted by Gasteiger charge is -2.31. The van der Waals surface area contributed by atoms with Crippen LogP contribution >= 0.6 is 22.6 Å². The van der Waals surface area contributed by atoms with Crippen LogP contribution in [-0.2, 0) is 4.79 Å². The fraction of sp³-hybridized carbons (Fsp3) is 0.103. The van der Waals surface area contributed by atoms with Gasteiger partial charge in [0.1, 0.15) is 17.5 Å². The summed E-state index contributed by atoms with van der Waals surface area (Å²) in [6.07, 6.45) is 0. The summed E-state index contributed by atoms with van der Waals surface area (Å²) in [4.78, 5) is 12.4. The molecule has 0 heterocycles. The number of rotatable bonds is 7. The van der Waals surface area contributed by atoms with E-state index in [1.807, 2.05) is 49.4 Å². The summed E-state index contributed by atoms with van der Waals surface area (Å²) < 4.78 is 15.6. The van der Waals surface area contributed by atoms with Crippen LogP contribution in [0, 0.1) is 16.3 Å². The number of halogens is 2. The number of carbonyl (C=O) groups excluding carboxylic acids is 1. The molecule has 0 aliphatic heterocycles. The largest absolute Gasteiger partial charge is 0.347 e. The van der Waals surface area contributed by atoms with E-state index >= 15 is 0 Å². The minimum Gasteiger partial charge on any atom is -0.347 e. The van der Waals surface area contributed by atoms with Crippen molar-refractivity contribution in [1.29, 1.82) is 0 Å². The van der Waals surface area contributed by atoms with E-state index in [9.17, 15) is 9.18 Å². The second-order valence-electron chi connectivity index (χ2n) is 7.90. The maximum absolute atomic E-state index is 14.5. The summed E-state index contributed by atoms with van der Waals surface area (Å²) in [6, 6.07) is 32.8. The van der Waals surface area contributed by atoms with E-state index in [1.165, 1.54) is 6.07 Å². The van der Waals surface area contributed by atoms with Gasteiger partial charge in [0.2, 0.25) is 0 Å². The molecule has 1 unspecified atom stereocenters.